The Morgan fingerprint density at radius 3 is 2.43 bits per heavy atom. The van der Waals surface area contributed by atoms with Gasteiger partial charge in [0.05, 0.1) is 5.69 Å². The van der Waals surface area contributed by atoms with Crippen LogP contribution >= 0.6 is 0 Å². The molecular weight excluding hydrogens is 174 g/mol. The van der Waals surface area contributed by atoms with Crippen molar-refractivity contribution < 1.29 is 0 Å². The molecule has 0 aliphatic heterocycles. The van der Waals surface area contributed by atoms with Gasteiger partial charge in [-0.25, -0.2) is 0 Å². The zero-order valence-electron chi connectivity index (χ0n) is 7.95. The third kappa shape index (κ3) is 1.46. The lowest BCUT2D eigenvalue weighted by Crippen LogP contribution is -2.02. The molecule has 0 aliphatic rings. The fraction of sp³-hybridized carbons (Fsp3) is 0.0833. The van der Waals surface area contributed by atoms with E-state index in [0.29, 0.717) is 5.69 Å². The van der Waals surface area contributed by atoms with E-state index in [9.17, 15) is 4.79 Å². The summed E-state index contributed by atoms with van der Waals surface area (Å²) in [6.07, 6.45) is 0. The fourth-order valence-electron chi connectivity index (χ4n) is 1.47. The van der Waals surface area contributed by atoms with Crippen LogP contribution < -0.4 is 10.7 Å². The standard InChI is InChI=1S/C12H11NO/c1-13-11-8-10-5-3-2-4-9(10)6-7-12(11)14/h2-8H,1H3,(H,13,14). The topological polar surface area (TPSA) is 29.1 Å². The van der Waals surface area contributed by atoms with E-state index in [1.807, 2.05) is 36.4 Å². The lowest BCUT2D eigenvalue weighted by molar-refractivity contribution is 1.49. The molecule has 0 saturated carbocycles. The first kappa shape index (κ1) is 8.75. The van der Waals surface area contributed by atoms with Crippen molar-refractivity contribution in [1.29, 1.82) is 0 Å². The van der Waals surface area contributed by atoms with E-state index >= 15 is 0 Å². The van der Waals surface area contributed by atoms with Crippen molar-refractivity contribution in [3.05, 3.63) is 52.7 Å². The molecule has 1 N–H and O–H groups in total. The van der Waals surface area contributed by atoms with Crippen LogP contribution in [0.5, 0.6) is 0 Å². The number of anilines is 1. The molecule has 2 heteroatoms. The number of fused-ring (bicyclic) bond motifs is 1. The Hall–Kier alpha value is -1.83. The third-order valence-corrected chi connectivity index (χ3v) is 2.24. The van der Waals surface area contributed by atoms with E-state index < -0.39 is 0 Å². The van der Waals surface area contributed by atoms with Gasteiger partial charge in [0.2, 0.25) is 5.43 Å². The van der Waals surface area contributed by atoms with Crippen LogP contribution in [-0.2, 0) is 0 Å². The van der Waals surface area contributed by atoms with E-state index in [2.05, 4.69) is 5.32 Å². The van der Waals surface area contributed by atoms with Crippen LogP contribution in [0.3, 0.4) is 0 Å². The molecule has 0 bridgehead atoms. The molecule has 0 saturated heterocycles. The van der Waals surface area contributed by atoms with Crippen molar-refractivity contribution in [3.63, 3.8) is 0 Å². The summed E-state index contributed by atoms with van der Waals surface area (Å²) in [5.74, 6) is 0. The summed E-state index contributed by atoms with van der Waals surface area (Å²) in [6.45, 7) is 0. The Balaban J connectivity index is 2.88. The second-order valence-corrected chi connectivity index (χ2v) is 3.13. The summed E-state index contributed by atoms with van der Waals surface area (Å²) in [4.78, 5) is 11.5. The fourth-order valence-corrected chi connectivity index (χ4v) is 1.47. The molecule has 0 spiro atoms. The molecule has 70 valence electrons. The lowest BCUT2D eigenvalue weighted by atomic mass is 10.2. The van der Waals surface area contributed by atoms with Crippen LogP contribution in [0.15, 0.2) is 47.3 Å². The zero-order chi connectivity index (χ0) is 9.97. The highest BCUT2D eigenvalue weighted by atomic mass is 16.1. The highest BCUT2D eigenvalue weighted by Crippen LogP contribution is 2.13. The minimum absolute atomic E-state index is 0.0173. The molecule has 2 aromatic rings. The van der Waals surface area contributed by atoms with Gasteiger partial charge in [-0.1, -0.05) is 30.3 Å². The molecule has 0 atom stereocenters. The molecule has 0 amide bonds. The number of nitrogens with one attached hydrogen (secondary N) is 1. The molecule has 0 unspecified atom stereocenters. The predicted octanol–water partition coefficient (Wildman–Crippen LogP) is 2.24. The molecule has 0 heterocycles. The summed E-state index contributed by atoms with van der Waals surface area (Å²) in [5.41, 5.74) is 0.648. The molecule has 0 aromatic heterocycles. The predicted molar refractivity (Wildman–Crippen MR) is 59.8 cm³/mol. The van der Waals surface area contributed by atoms with Crippen molar-refractivity contribution in [2.45, 2.75) is 0 Å². The van der Waals surface area contributed by atoms with Crippen LogP contribution in [0.2, 0.25) is 0 Å². The Bertz CT molecular complexity index is 520. The Morgan fingerprint density at radius 1 is 1.00 bits per heavy atom. The Kier molecular flexibility index (Phi) is 2.19. The van der Waals surface area contributed by atoms with Gasteiger partial charge in [-0.15, -0.1) is 0 Å². The normalized spacial score (nSPS) is 10.1. The zero-order valence-corrected chi connectivity index (χ0v) is 7.95. The van der Waals surface area contributed by atoms with E-state index in [1.165, 1.54) is 0 Å². The molecule has 2 rings (SSSR count). The van der Waals surface area contributed by atoms with Crippen molar-refractivity contribution >= 4 is 16.5 Å². The van der Waals surface area contributed by atoms with Gasteiger partial charge in [0.1, 0.15) is 0 Å². The van der Waals surface area contributed by atoms with Crippen LogP contribution in [-0.4, -0.2) is 7.05 Å². The van der Waals surface area contributed by atoms with Gasteiger partial charge in [-0.2, -0.15) is 0 Å². The highest BCUT2D eigenvalue weighted by Gasteiger charge is 1.95. The first-order valence-corrected chi connectivity index (χ1v) is 4.52. The first-order valence-electron chi connectivity index (χ1n) is 4.52. The van der Waals surface area contributed by atoms with Crippen LogP contribution in [0.1, 0.15) is 0 Å². The molecule has 0 radical (unpaired) electrons. The molecule has 14 heavy (non-hydrogen) atoms. The number of rotatable bonds is 1. The van der Waals surface area contributed by atoms with Gasteiger partial charge in [0, 0.05) is 7.05 Å². The summed E-state index contributed by atoms with van der Waals surface area (Å²) < 4.78 is 0. The number of hydrogen-bond donors (Lipinski definition) is 1. The van der Waals surface area contributed by atoms with E-state index in [0.717, 1.165) is 10.8 Å². The van der Waals surface area contributed by atoms with Crippen molar-refractivity contribution in [2.24, 2.45) is 0 Å². The SMILES string of the molecule is CNc1cc2ccccc2ccc1=O. The Labute approximate surface area is 82.2 Å². The average Bonchev–Trinajstić information content (AvgIpc) is 2.38. The first-order chi connectivity index (χ1) is 6.81. The molecular formula is C12H11NO. The van der Waals surface area contributed by atoms with E-state index in [4.69, 9.17) is 0 Å². The van der Waals surface area contributed by atoms with Crippen LogP contribution in [0.4, 0.5) is 5.69 Å². The third-order valence-electron chi connectivity index (χ3n) is 2.24. The second kappa shape index (κ2) is 3.50. The monoisotopic (exact) mass is 185 g/mol. The maximum Gasteiger partial charge on any atom is 0.201 e. The van der Waals surface area contributed by atoms with Gasteiger partial charge < -0.3 is 5.32 Å². The summed E-state index contributed by atoms with van der Waals surface area (Å²) >= 11 is 0. The van der Waals surface area contributed by atoms with E-state index in [-0.39, 0.29) is 5.43 Å². The highest BCUT2D eigenvalue weighted by molar-refractivity contribution is 5.84. The smallest absolute Gasteiger partial charge is 0.201 e. The lowest BCUT2D eigenvalue weighted by Gasteiger charge is -1.93. The van der Waals surface area contributed by atoms with Gasteiger partial charge in [-0.05, 0) is 22.9 Å². The maximum atomic E-state index is 11.5. The maximum absolute atomic E-state index is 11.5. The van der Waals surface area contributed by atoms with Gasteiger partial charge in [-0.3, -0.25) is 4.79 Å². The number of hydrogen-bond acceptors (Lipinski definition) is 2. The minimum atomic E-state index is 0.0173. The largest absolute Gasteiger partial charge is 0.385 e. The van der Waals surface area contributed by atoms with Gasteiger partial charge >= 0.3 is 0 Å². The second-order valence-electron chi connectivity index (χ2n) is 3.13. The van der Waals surface area contributed by atoms with Crippen LogP contribution in [0, 0.1) is 0 Å². The Morgan fingerprint density at radius 2 is 1.71 bits per heavy atom. The van der Waals surface area contributed by atoms with Crippen molar-refractivity contribution in [1.82, 2.24) is 0 Å². The summed E-state index contributed by atoms with van der Waals surface area (Å²) in [7, 11) is 1.76. The van der Waals surface area contributed by atoms with Crippen molar-refractivity contribution in [3.8, 4) is 0 Å². The molecule has 2 nitrogen and oxygen atoms in total. The van der Waals surface area contributed by atoms with Gasteiger partial charge in [0.25, 0.3) is 0 Å². The quantitative estimate of drug-likeness (QED) is 0.738. The minimum Gasteiger partial charge on any atom is -0.385 e. The van der Waals surface area contributed by atoms with E-state index in [1.54, 1.807) is 13.1 Å². The number of benzene rings is 1. The molecule has 0 fully saturated rings. The molecule has 2 aromatic carbocycles. The van der Waals surface area contributed by atoms with Gasteiger partial charge in [0.15, 0.2) is 0 Å². The average molecular weight is 185 g/mol. The van der Waals surface area contributed by atoms with Crippen molar-refractivity contribution in [2.75, 3.05) is 12.4 Å². The summed E-state index contributed by atoms with van der Waals surface area (Å²) in [6, 6.07) is 13.2. The summed E-state index contributed by atoms with van der Waals surface area (Å²) in [5, 5.41) is 5.04. The van der Waals surface area contributed by atoms with Crippen LogP contribution in [0.25, 0.3) is 10.8 Å². The molecule has 0 aliphatic carbocycles.